The molecule has 0 N–H and O–H groups in total. The normalized spacial score (nSPS) is 14.0. The SMILES string of the molecule is COc1ccccc1C(C[N+](=O)[O-])N1C(=O)c2ccc([N+](=O)[O-])cc2C1=O. The van der Waals surface area contributed by atoms with Gasteiger partial charge in [0.2, 0.25) is 6.54 Å². The number of imide groups is 1. The van der Waals surface area contributed by atoms with Crippen LogP contribution in [-0.2, 0) is 0 Å². The van der Waals surface area contributed by atoms with Crippen molar-refractivity contribution in [3.63, 3.8) is 0 Å². The Balaban J connectivity index is 2.10. The molecule has 0 aliphatic carbocycles. The highest BCUT2D eigenvalue weighted by Crippen LogP contribution is 2.36. The molecule has 0 saturated heterocycles. The van der Waals surface area contributed by atoms with Crippen LogP contribution < -0.4 is 4.74 Å². The van der Waals surface area contributed by atoms with Crippen LogP contribution in [0.1, 0.15) is 32.3 Å². The number of hydrogen-bond acceptors (Lipinski definition) is 7. The largest absolute Gasteiger partial charge is 0.496 e. The van der Waals surface area contributed by atoms with Gasteiger partial charge in [-0.25, -0.2) is 0 Å². The first-order valence-electron chi connectivity index (χ1n) is 7.76. The topological polar surface area (TPSA) is 133 Å². The van der Waals surface area contributed by atoms with Gasteiger partial charge in [-0.05, 0) is 12.1 Å². The van der Waals surface area contributed by atoms with Crippen molar-refractivity contribution in [1.29, 1.82) is 0 Å². The Morgan fingerprint density at radius 1 is 1.04 bits per heavy atom. The lowest BCUT2D eigenvalue weighted by Gasteiger charge is -2.24. The predicted molar refractivity (Wildman–Crippen MR) is 91.2 cm³/mol. The summed E-state index contributed by atoms with van der Waals surface area (Å²) in [5, 5.41) is 22.1. The third-order valence-electron chi connectivity index (χ3n) is 4.24. The number of rotatable bonds is 6. The van der Waals surface area contributed by atoms with Gasteiger partial charge < -0.3 is 4.74 Å². The number of benzene rings is 2. The van der Waals surface area contributed by atoms with E-state index in [1.165, 1.54) is 19.2 Å². The highest BCUT2D eigenvalue weighted by atomic mass is 16.6. The third kappa shape index (κ3) is 3.08. The van der Waals surface area contributed by atoms with E-state index in [-0.39, 0.29) is 22.6 Å². The molecule has 2 aromatic carbocycles. The number of amides is 2. The van der Waals surface area contributed by atoms with Gasteiger partial charge in [0.15, 0.2) is 0 Å². The van der Waals surface area contributed by atoms with Gasteiger partial charge in [-0.3, -0.25) is 34.7 Å². The summed E-state index contributed by atoms with van der Waals surface area (Å²) in [7, 11) is 1.37. The summed E-state index contributed by atoms with van der Waals surface area (Å²) in [6.45, 7) is -0.728. The van der Waals surface area contributed by atoms with Crippen molar-refractivity contribution in [2.45, 2.75) is 6.04 Å². The number of nitrogens with zero attached hydrogens (tertiary/aromatic N) is 3. The van der Waals surface area contributed by atoms with Crippen molar-refractivity contribution in [3.8, 4) is 5.75 Å². The Morgan fingerprint density at radius 3 is 2.33 bits per heavy atom. The monoisotopic (exact) mass is 371 g/mol. The summed E-state index contributed by atoms with van der Waals surface area (Å²) in [5.74, 6) is -1.29. The minimum atomic E-state index is -1.22. The number of nitro groups is 2. The zero-order valence-corrected chi connectivity index (χ0v) is 14.0. The third-order valence-corrected chi connectivity index (χ3v) is 4.24. The Bertz CT molecular complexity index is 973. The van der Waals surface area contributed by atoms with Crippen molar-refractivity contribution in [3.05, 3.63) is 79.4 Å². The van der Waals surface area contributed by atoms with Crippen LogP contribution in [-0.4, -0.2) is 40.2 Å². The van der Waals surface area contributed by atoms with Crippen LogP contribution in [0.3, 0.4) is 0 Å². The fourth-order valence-corrected chi connectivity index (χ4v) is 3.05. The summed E-state index contributed by atoms with van der Waals surface area (Å²) in [4.78, 5) is 47.1. The molecule has 1 aliphatic heterocycles. The number of ether oxygens (including phenoxy) is 1. The number of carbonyl (C=O) groups is 2. The first kappa shape index (κ1) is 18.0. The van der Waals surface area contributed by atoms with Crippen LogP contribution in [0.25, 0.3) is 0 Å². The molecule has 1 atom stereocenters. The molecule has 0 aromatic heterocycles. The van der Waals surface area contributed by atoms with E-state index < -0.39 is 34.2 Å². The van der Waals surface area contributed by atoms with Gasteiger partial charge in [-0.15, -0.1) is 0 Å². The zero-order valence-electron chi connectivity index (χ0n) is 14.0. The summed E-state index contributed by atoms with van der Waals surface area (Å²) >= 11 is 0. The lowest BCUT2D eigenvalue weighted by molar-refractivity contribution is -0.486. The van der Waals surface area contributed by atoms with E-state index in [9.17, 15) is 29.8 Å². The van der Waals surface area contributed by atoms with Gasteiger partial charge in [-0.2, -0.15) is 0 Å². The van der Waals surface area contributed by atoms with Crippen LogP contribution in [0.2, 0.25) is 0 Å². The van der Waals surface area contributed by atoms with Gasteiger partial charge >= 0.3 is 0 Å². The molecule has 3 rings (SSSR count). The maximum atomic E-state index is 12.8. The Morgan fingerprint density at radius 2 is 1.70 bits per heavy atom. The first-order chi connectivity index (χ1) is 12.8. The van der Waals surface area contributed by atoms with Gasteiger partial charge in [0.05, 0.1) is 23.2 Å². The Hall–Kier alpha value is -3.82. The van der Waals surface area contributed by atoms with Crippen LogP contribution in [0.5, 0.6) is 5.75 Å². The molecule has 138 valence electrons. The van der Waals surface area contributed by atoms with Crippen LogP contribution in [0.4, 0.5) is 5.69 Å². The number of methoxy groups -OCH3 is 1. The average Bonchev–Trinajstić information content (AvgIpc) is 2.90. The maximum absolute atomic E-state index is 12.8. The number of para-hydroxylation sites is 1. The minimum absolute atomic E-state index is 0.0335. The molecule has 10 nitrogen and oxygen atoms in total. The quantitative estimate of drug-likeness (QED) is 0.432. The number of carbonyl (C=O) groups excluding carboxylic acids is 2. The fourth-order valence-electron chi connectivity index (χ4n) is 3.05. The van der Waals surface area contributed by atoms with Gasteiger partial charge in [0.1, 0.15) is 11.8 Å². The molecule has 10 heteroatoms. The minimum Gasteiger partial charge on any atom is -0.496 e. The smallest absolute Gasteiger partial charge is 0.270 e. The Labute approximate surface area is 152 Å². The van der Waals surface area contributed by atoms with Gasteiger partial charge in [-0.1, -0.05) is 18.2 Å². The molecule has 1 unspecified atom stereocenters. The fraction of sp³-hybridized carbons (Fsp3) is 0.176. The molecular weight excluding hydrogens is 358 g/mol. The lowest BCUT2D eigenvalue weighted by atomic mass is 10.0. The molecule has 2 aromatic rings. The van der Waals surface area contributed by atoms with E-state index >= 15 is 0 Å². The van der Waals surface area contributed by atoms with Crippen molar-refractivity contribution in [1.82, 2.24) is 4.90 Å². The predicted octanol–water partition coefficient (Wildman–Crippen LogP) is 2.22. The molecular formula is C17H13N3O7. The van der Waals surface area contributed by atoms with E-state index in [0.717, 1.165) is 17.0 Å². The van der Waals surface area contributed by atoms with Crippen molar-refractivity contribution in [2.24, 2.45) is 0 Å². The Kier molecular flexibility index (Phi) is 4.55. The molecule has 27 heavy (non-hydrogen) atoms. The summed E-state index contributed by atoms with van der Waals surface area (Å²) < 4.78 is 5.20. The number of fused-ring (bicyclic) bond motifs is 1. The van der Waals surface area contributed by atoms with Crippen LogP contribution >= 0.6 is 0 Å². The maximum Gasteiger partial charge on any atom is 0.270 e. The van der Waals surface area contributed by atoms with E-state index in [1.54, 1.807) is 18.2 Å². The van der Waals surface area contributed by atoms with Crippen molar-refractivity contribution in [2.75, 3.05) is 13.7 Å². The number of nitro benzene ring substituents is 1. The zero-order chi connectivity index (χ0) is 19.7. The van der Waals surface area contributed by atoms with Gasteiger partial charge in [0.25, 0.3) is 17.5 Å². The van der Waals surface area contributed by atoms with E-state index in [1.807, 2.05) is 0 Å². The standard InChI is InChI=1S/C17H13N3O7/c1-27-15-5-3-2-4-12(15)14(9-18(23)24)19-16(21)11-7-6-10(20(25)26)8-13(11)17(19)22/h2-8,14H,9H2,1H3. The summed E-state index contributed by atoms with van der Waals surface area (Å²) in [6.07, 6.45) is 0. The van der Waals surface area contributed by atoms with Crippen molar-refractivity contribution >= 4 is 17.5 Å². The van der Waals surface area contributed by atoms with Crippen LogP contribution in [0.15, 0.2) is 42.5 Å². The molecule has 0 spiro atoms. The van der Waals surface area contributed by atoms with E-state index in [2.05, 4.69) is 0 Å². The highest BCUT2D eigenvalue weighted by molar-refractivity contribution is 6.21. The first-order valence-corrected chi connectivity index (χ1v) is 7.76. The molecule has 0 saturated carbocycles. The molecule has 1 aliphatic rings. The second-order valence-corrected chi connectivity index (χ2v) is 5.74. The van der Waals surface area contributed by atoms with Crippen molar-refractivity contribution < 1.29 is 24.2 Å². The number of hydrogen-bond donors (Lipinski definition) is 0. The molecule has 0 radical (unpaired) electrons. The second kappa shape index (κ2) is 6.83. The van der Waals surface area contributed by atoms with Gasteiger partial charge in [0, 0.05) is 22.6 Å². The average molecular weight is 371 g/mol. The lowest BCUT2D eigenvalue weighted by Crippen LogP contribution is -2.38. The van der Waals surface area contributed by atoms with E-state index in [0.29, 0.717) is 5.56 Å². The molecule has 1 heterocycles. The highest BCUT2D eigenvalue weighted by Gasteiger charge is 2.44. The van der Waals surface area contributed by atoms with Crippen LogP contribution in [0, 0.1) is 20.2 Å². The second-order valence-electron chi connectivity index (χ2n) is 5.74. The molecule has 2 amide bonds. The summed E-state index contributed by atoms with van der Waals surface area (Å²) in [6, 6.07) is 8.41. The molecule has 0 fully saturated rings. The van der Waals surface area contributed by atoms with E-state index in [4.69, 9.17) is 4.74 Å². The summed E-state index contributed by atoms with van der Waals surface area (Å²) in [5.41, 5.74) is -0.244. The number of non-ortho nitro benzene ring substituents is 1. The molecule has 0 bridgehead atoms.